The molecule has 1 aliphatic rings. The second-order valence-corrected chi connectivity index (χ2v) is 6.40. The van der Waals surface area contributed by atoms with Crippen LogP contribution in [0.15, 0.2) is 24.3 Å². The van der Waals surface area contributed by atoms with Crippen molar-refractivity contribution >= 4 is 10.0 Å². The quantitative estimate of drug-likeness (QED) is 0.864. The third-order valence-corrected chi connectivity index (χ3v) is 4.94. The zero-order valence-corrected chi connectivity index (χ0v) is 10.6. The summed E-state index contributed by atoms with van der Waals surface area (Å²) >= 11 is 0. The Balaban J connectivity index is 2.24. The molecule has 0 aromatic heterocycles. The molecule has 17 heavy (non-hydrogen) atoms. The van der Waals surface area contributed by atoms with Crippen LogP contribution < -0.4 is 5.73 Å². The molecule has 5 heteroatoms. The van der Waals surface area contributed by atoms with Crippen LogP contribution in [0.3, 0.4) is 0 Å². The number of rotatable bonds is 3. The molecule has 0 spiro atoms. The highest BCUT2D eigenvalue weighted by molar-refractivity contribution is 7.89. The number of benzene rings is 1. The maximum atomic E-state index is 12.0. The summed E-state index contributed by atoms with van der Waals surface area (Å²) in [4.78, 5) is 0. The predicted molar refractivity (Wildman–Crippen MR) is 68.0 cm³/mol. The first kappa shape index (κ1) is 12.5. The van der Waals surface area contributed by atoms with E-state index in [2.05, 4.69) is 6.07 Å². The molecule has 2 N–H and O–H groups in total. The Morgan fingerprint density at radius 2 is 1.94 bits per heavy atom. The summed E-state index contributed by atoms with van der Waals surface area (Å²) in [5, 5.41) is 0. The number of nitrogens with zero attached hydrogens (tertiary/aromatic N) is 1. The summed E-state index contributed by atoms with van der Waals surface area (Å²) in [5.74, 6) is 0.0369. The molecule has 1 aromatic carbocycles. The van der Waals surface area contributed by atoms with Gasteiger partial charge >= 0.3 is 0 Å². The van der Waals surface area contributed by atoms with Gasteiger partial charge in [0.15, 0.2) is 0 Å². The van der Waals surface area contributed by atoms with Crippen molar-refractivity contribution in [2.75, 3.05) is 18.8 Å². The van der Waals surface area contributed by atoms with E-state index < -0.39 is 10.0 Å². The third kappa shape index (κ3) is 2.86. The monoisotopic (exact) mass is 254 g/mol. The van der Waals surface area contributed by atoms with Crippen LogP contribution >= 0.6 is 0 Å². The van der Waals surface area contributed by atoms with Crippen molar-refractivity contribution in [3.63, 3.8) is 0 Å². The lowest BCUT2D eigenvalue weighted by Crippen LogP contribution is -2.34. The lowest BCUT2D eigenvalue weighted by molar-refractivity contribution is 0.410. The van der Waals surface area contributed by atoms with Gasteiger partial charge in [-0.1, -0.05) is 24.3 Å². The molecule has 4 nitrogen and oxygen atoms in total. The molecular weight excluding hydrogens is 236 g/mol. The van der Waals surface area contributed by atoms with Crippen molar-refractivity contribution in [1.29, 1.82) is 0 Å². The molecule has 2 rings (SSSR count). The van der Waals surface area contributed by atoms with Gasteiger partial charge in [-0.25, -0.2) is 8.42 Å². The number of hydrogen-bond acceptors (Lipinski definition) is 3. The Bertz CT molecular complexity index is 485. The normalized spacial score (nSPS) is 17.5. The topological polar surface area (TPSA) is 63.4 Å². The van der Waals surface area contributed by atoms with Crippen LogP contribution in [-0.4, -0.2) is 31.6 Å². The summed E-state index contributed by atoms with van der Waals surface area (Å²) in [7, 11) is -3.19. The van der Waals surface area contributed by atoms with Gasteiger partial charge in [-0.15, -0.1) is 0 Å². The molecule has 94 valence electrons. The summed E-state index contributed by atoms with van der Waals surface area (Å²) in [6, 6.07) is 8.04. The van der Waals surface area contributed by atoms with Gasteiger partial charge in [-0.2, -0.15) is 4.31 Å². The van der Waals surface area contributed by atoms with Gasteiger partial charge in [0.05, 0.1) is 5.75 Å². The maximum Gasteiger partial charge on any atom is 0.215 e. The van der Waals surface area contributed by atoms with E-state index in [0.717, 1.165) is 18.4 Å². The van der Waals surface area contributed by atoms with Crippen molar-refractivity contribution < 1.29 is 8.42 Å². The fraction of sp³-hybridized carbons (Fsp3) is 0.500. The zero-order chi connectivity index (χ0) is 12.3. The Hall–Kier alpha value is -0.910. The smallest absolute Gasteiger partial charge is 0.215 e. The molecule has 0 saturated heterocycles. The van der Waals surface area contributed by atoms with Crippen LogP contribution in [0.1, 0.15) is 17.5 Å². The van der Waals surface area contributed by atoms with E-state index in [1.54, 1.807) is 4.31 Å². The molecule has 1 aromatic rings. The SMILES string of the molecule is NCCS(=O)(=O)N1CCCc2ccccc2C1. The Labute approximate surface area is 102 Å². The minimum atomic E-state index is -3.19. The van der Waals surface area contributed by atoms with Crippen LogP contribution in [0.25, 0.3) is 0 Å². The molecule has 0 saturated carbocycles. The molecule has 0 fully saturated rings. The summed E-state index contributed by atoms with van der Waals surface area (Å²) in [5.41, 5.74) is 7.73. The van der Waals surface area contributed by atoms with Gasteiger partial charge < -0.3 is 5.73 Å². The Morgan fingerprint density at radius 1 is 1.24 bits per heavy atom. The standard InChI is InChI=1S/C12H18N2O2S/c13-7-9-17(15,16)14-8-3-6-11-4-1-2-5-12(11)10-14/h1-2,4-5H,3,6-10,13H2. The van der Waals surface area contributed by atoms with E-state index in [1.807, 2.05) is 18.2 Å². The molecule has 1 heterocycles. The molecule has 0 unspecified atom stereocenters. The second kappa shape index (κ2) is 5.16. The largest absolute Gasteiger partial charge is 0.329 e. The first-order valence-electron chi connectivity index (χ1n) is 5.88. The van der Waals surface area contributed by atoms with Crippen molar-refractivity contribution in [2.24, 2.45) is 5.73 Å². The average molecular weight is 254 g/mol. The molecule has 0 amide bonds. The molecule has 0 atom stereocenters. The molecule has 1 aliphatic heterocycles. The van der Waals surface area contributed by atoms with Gasteiger partial charge in [0.2, 0.25) is 10.0 Å². The predicted octanol–water partition coefficient (Wildman–Crippen LogP) is 0.723. The number of fused-ring (bicyclic) bond motifs is 1. The number of hydrogen-bond donors (Lipinski definition) is 1. The lowest BCUT2D eigenvalue weighted by atomic mass is 10.0. The molecule has 0 aliphatic carbocycles. The molecular formula is C12H18N2O2S. The lowest BCUT2D eigenvalue weighted by Gasteiger charge is -2.19. The van der Waals surface area contributed by atoms with E-state index in [9.17, 15) is 8.42 Å². The van der Waals surface area contributed by atoms with Crippen molar-refractivity contribution in [2.45, 2.75) is 19.4 Å². The minimum Gasteiger partial charge on any atom is -0.329 e. The third-order valence-electron chi connectivity index (χ3n) is 3.09. The average Bonchev–Trinajstić information content (AvgIpc) is 2.51. The van der Waals surface area contributed by atoms with E-state index in [-0.39, 0.29) is 12.3 Å². The van der Waals surface area contributed by atoms with E-state index in [4.69, 9.17) is 5.73 Å². The van der Waals surface area contributed by atoms with Gasteiger partial charge in [0, 0.05) is 19.6 Å². The zero-order valence-electron chi connectivity index (χ0n) is 9.80. The Morgan fingerprint density at radius 3 is 2.65 bits per heavy atom. The van der Waals surface area contributed by atoms with Crippen LogP contribution in [0.4, 0.5) is 0 Å². The summed E-state index contributed by atoms with van der Waals surface area (Å²) < 4.78 is 25.5. The summed E-state index contributed by atoms with van der Waals surface area (Å²) in [6.45, 7) is 1.26. The fourth-order valence-electron chi connectivity index (χ4n) is 2.19. The molecule has 0 bridgehead atoms. The van der Waals surface area contributed by atoms with Crippen LogP contribution in [0, 0.1) is 0 Å². The first-order valence-corrected chi connectivity index (χ1v) is 7.49. The second-order valence-electron chi connectivity index (χ2n) is 4.31. The first-order chi connectivity index (χ1) is 8.13. The highest BCUT2D eigenvalue weighted by atomic mass is 32.2. The number of sulfonamides is 1. The van der Waals surface area contributed by atoms with Crippen LogP contribution in [-0.2, 0) is 23.0 Å². The van der Waals surface area contributed by atoms with E-state index >= 15 is 0 Å². The minimum absolute atomic E-state index is 0.0369. The molecule has 0 radical (unpaired) electrons. The highest BCUT2D eigenvalue weighted by Gasteiger charge is 2.24. The van der Waals surface area contributed by atoms with Gasteiger partial charge in [0.1, 0.15) is 0 Å². The van der Waals surface area contributed by atoms with Crippen molar-refractivity contribution in [3.05, 3.63) is 35.4 Å². The highest BCUT2D eigenvalue weighted by Crippen LogP contribution is 2.20. The van der Waals surface area contributed by atoms with Gasteiger partial charge in [0.25, 0.3) is 0 Å². The maximum absolute atomic E-state index is 12.0. The fourth-order valence-corrected chi connectivity index (χ4v) is 3.49. The number of aryl methyl sites for hydroxylation is 1. The van der Waals surface area contributed by atoms with Crippen molar-refractivity contribution in [3.8, 4) is 0 Å². The van der Waals surface area contributed by atoms with Crippen LogP contribution in [0.2, 0.25) is 0 Å². The summed E-state index contributed by atoms with van der Waals surface area (Å²) in [6.07, 6.45) is 1.83. The van der Waals surface area contributed by atoms with Gasteiger partial charge in [-0.3, -0.25) is 0 Å². The van der Waals surface area contributed by atoms with E-state index in [1.165, 1.54) is 5.56 Å². The van der Waals surface area contributed by atoms with Gasteiger partial charge in [-0.05, 0) is 24.0 Å². The number of nitrogens with two attached hydrogens (primary N) is 1. The Kier molecular flexibility index (Phi) is 3.81. The van der Waals surface area contributed by atoms with Crippen LogP contribution in [0.5, 0.6) is 0 Å². The van der Waals surface area contributed by atoms with Crippen molar-refractivity contribution in [1.82, 2.24) is 4.31 Å². The van der Waals surface area contributed by atoms with E-state index in [0.29, 0.717) is 13.1 Å².